The number of nitrogens with two attached hydrogens (primary N) is 1. The van der Waals surface area contributed by atoms with Crippen LogP contribution in [0.4, 0.5) is 14.5 Å². The van der Waals surface area contributed by atoms with E-state index in [9.17, 15) is 13.6 Å². The number of hydrogen-bond acceptors (Lipinski definition) is 3. The van der Waals surface area contributed by atoms with E-state index in [0.29, 0.717) is 11.4 Å². The number of nitrogen functional groups attached to an aromatic ring is 1. The predicted octanol–water partition coefficient (Wildman–Crippen LogP) is 2.36. The summed E-state index contributed by atoms with van der Waals surface area (Å²) in [6, 6.07) is 9.55. The van der Waals surface area contributed by atoms with Gasteiger partial charge in [0.15, 0.2) is 0 Å². The Kier molecular flexibility index (Phi) is 4.71. The second-order valence-electron chi connectivity index (χ2n) is 4.30. The zero-order chi connectivity index (χ0) is 15.2. The Bertz CT molecular complexity index is 647. The van der Waals surface area contributed by atoms with Crippen LogP contribution in [0.3, 0.4) is 0 Å². The lowest BCUT2D eigenvalue weighted by Gasteiger charge is -2.08. The Hall–Kier alpha value is -2.63. The Morgan fingerprint density at radius 1 is 1.19 bits per heavy atom. The van der Waals surface area contributed by atoms with Gasteiger partial charge in [0, 0.05) is 11.8 Å². The molecule has 0 spiro atoms. The molecular formula is C15H14F2N2O2. The maximum Gasteiger partial charge on any atom is 0.254 e. The first-order valence-electron chi connectivity index (χ1n) is 6.28. The molecule has 2 rings (SSSR count). The molecule has 2 aromatic carbocycles. The molecule has 0 saturated carbocycles. The van der Waals surface area contributed by atoms with Crippen molar-refractivity contribution in [3.8, 4) is 5.75 Å². The summed E-state index contributed by atoms with van der Waals surface area (Å²) in [5.74, 6) is -1.56. The number of carbonyl (C=O) groups is 1. The zero-order valence-electron chi connectivity index (χ0n) is 11.1. The summed E-state index contributed by atoms with van der Waals surface area (Å²) in [6.45, 7) is 0.343. The van der Waals surface area contributed by atoms with E-state index >= 15 is 0 Å². The molecule has 0 radical (unpaired) electrons. The molecule has 0 aliphatic carbocycles. The highest BCUT2D eigenvalue weighted by Crippen LogP contribution is 2.14. The molecule has 0 aromatic heterocycles. The number of carbonyl (C=O) groups excluding carboxylic acids is 1. The predicted molar refractivity (Wildman–Crippen MR) is 75.0 cm³/mol. The van der Waals surface area contributed by atoms with E-state index < -0.39 is 17.5 Å². The molecule has 4 nitrogen and oxygen atoms in total. The van der Waals surface area contributed by atoms with E-state index in [1.54, 1.807) is 24.3 Å². The maximum atomic E-state index is 13.4. The molecule has 0 saturated heterocycles. The van der Waals surface area contributed by atoms with Crippen LogP contribution < -0.4 is 15.8 Å². The van der Waals surface area contributed by atoms with Crippen LogP contribution in [-0.2, 0) is 0 Å². The van der Waals surface area contributed by atoms with Gasteiger partial charge in [-0.2, -0.15) is 0 Å². The van der Waals surface area contributed by atoms with Crippen molar-refractivity contribution in [3.63, 3.8) is 0 Å². The van der Waals surface area contributed by atoms with Crippen LogP contribution in [0, 0.1) is 11.6 Å². The van der Waals surface area contributed by atoms with Gasteiger partial charge in [-0.05, 0) is 30.3 Å². The quantitative estimate of drug-likeness (QED) is 0.657. The van der Waals surface area contributed by atoms with Crippen molar-refractivity contribution >= 4 is 11.6 Å². The fourth-order valence-corrected chi connectivity index (χ4v) is 1.70. The first kappa shape index (κ1) is 14.8. The van der Waals surface area contributed by atoms with Crippen LogP contribution in [0.1, 0.15) is 10.4 Å². The molecule has 0 fully saturated rings. The van der Waals surface area contributed by atoms with Crippen LogP contribution in [0.25, 0.3) is 0 Å². The topological polar surface area (TPSA) is 64.3 Å². The lowest BCUT2D eigenvalue weighted by atomic mass is 10.2. The third-order valence-electron chi connectivity index (χ3n) is 2.69. The number of hydrogen-bond donors (Lipinski definition) is 2. The number of nitrogens with one attached hydrogen (secondary N) is 1. The number of benzene rings is 2. The fourth-order valence-electron chi connectivity index (χ4n) is 1.70. The zero-order valence-corrected chi connectivity index (χ0v) is 11.1. The lowest BCUT2D eigenvalue weighted by molar-refractivity contribution is 0.0942. The summed E-state index contributed by atoms with van der Waals surface area (Å²) < 4.78 is 31.7. The second-order valence-corrected chi connectivity index (χ2v) is 4.30. The minimum atomic E-state index is -0.773. The Morgan fingerprint density at radius 3 is 2.76 bits per heavy atom. The van der Waals surface area contributed by atoms with Crippen molar-refractivity contribution in [1.29, 1.82) is 0 Å². The Labute approximate surface area is 120 Å². The summed E-state index contributed by atoms with van der Waals surface area (Å²) in [5, 5.41) is 2.45. The largest absolute Gasteiger partial charge is 0.492 e. The molecule has 2 aromatic rings. The monoisotopic (exact) mass is 292 g/mol. The highest BCUT2D eigenvalue weighted by atomic mass is 19.1. The van der Waals surface area contributed by atoms with E-state index in [0.717, 1.165) is 18.2 Å². The molecule has 0 bridgehead atoms. The molecule has 0 aliphatic rings. The second kappa shape index (κ2) is 6.69. The normalized spacial score (nSPS) is 10.2. The van der Waals surface area contributed by atoms with Crippen LogP contribution in [0.2, 0.25) is 0 Å². The third kappa shape index (κ3) is 4.17. The number of amides is 1. The van der Waals surface area contributed by atoms with Crippen molar-refractivity contribution in [1.82, 2.24) is 5.32 Å². The minimum Gasteiger partial charge on any atom is -0.492 e. The Morgan fingerprint density at radius 2 is 2.00 bits per heavy atom. The summed E-state index contributed by atoms with van der Waals surface area (Å²) in [4.78, 5) is 11.7. The smallest absolute Gasteiger partial charge is 0.254 e. The van der Waals surface area contributed by atoms with Gasteiger partial charge in [-0.15, -0.1) is 0 Å². The highest BCUT2D eigenvalue weighted by Gasteiger charge is 2.12. The van der Waals surface area contributed by atoms with Gasteiger partial charge >= 0.3 is 0 Å². The van der Waals surface area contributed by atoms with Crippen LogP contribution in [0.5, 0.6) is 5.75 Å². The molecule has 0 heterocycles. The molecular weight excluding hydrogens is 278 g/mol. The SMILES string of the molecule is Nc1cccc(OCCNC(=O)c2cc(F)ccc2F)c1. The van der Waals surface area contributed by atoms with E-state index in [2.05, 4.69) is 5.32 Å². The Balaban J connectivity index is 1.83. The van der Waals surface area contributed by atoms with Crippen LogP contribution in [-0.4, -0.2) is 19.1 Å². The van der Waals surface area contributed by atoms with Crippen LogP contribution >= 0.6 is 0 Å². The average Bonchev–Trinajstić information content (AvgIpc) is 2.46. The first-order valence-corrected chi connectivity index (χ1v) is 6.28. The molecule has 0 atom stereocenters. The fraction of sp³-hybridized carbons (Fsp3) is 0.133. The van der Waals surface area contributed by atoms with Gasteiger partial charge in [0.2, 0.25) is 0 Å². The average molecular weight is 292 g/mol. The summed E-state index contributed by atoms with van der Waals surface area (Å²) in [7, 11) is 0. The number of halogens is 2. The van der Waals surface area contributed by atoms with Gasteiger partial charge in [0.1, 0.15) is 24.0 Å². The molecule has 6 heteroatoms. The third-order valence-corrected chi connectivity index (χ3v) is 2.69. The minimum absolute atomic E-state index is 0.156. The van der Waals surface area contributed by atoms with E-state index in [-0.39, 0.29) is 18.7 Å². The van der Waals surface area contributed by atoms with Crippen molar-refractivity contribution in [2.45, 2.75) is 0 Å². The van der Waals surface area contributed by atoms with Crippen molar-refractivity contribution in [3.05, 3.63) is 59.7 Å². The molecule has 3 N–H and O–H groups in total. The van der Waals surface area contributed by atoms with Crippen molar-refractivity contribution in [2.24, 2.45) is 0 Å². The van der Waals surface area contributed by atoms with Gasteiger partial charge in [-0.25, -0.2) is 8.78 Å². The van der Waals surface area contributed by atoms with Gasteiger partial charge in [0.05, 0.1) is 12.1 Å². The van der Waals surface area contributed by atoms with E-state index in [1.165, 1.54) is 0 Å². The summed E-state index contributed by atoms with van der Waals surface area (Å²) >= 11 is 0. The number of ether oxygens (including phenoxy) is 1. The molecule has 0 unspecified atom stereocenters. The summed E-state index contributed by atoms with van der Waals surface area (Å²) in [5.41, 5.74) is 5.82. The maximum absolute atomic E-state index is 13.4. The van der Waals surface area contributed by atoms with E-state index in [4.69, 9.17) is 10.5 Å². The van der Waals surface area contributed by atoms with Gasteiger partial charge in [0.25, 0.3) is 5.91 Å². The lowest BCUT2D eigenvalue weighted by Crippen LogP contribution is -2.28. The van der Waals surface area contributed by atoms with Gasteiger partial charge in [-0.1, -0.05) is 6.07 Å². The highest BCUT2D eigenvalue weighted by molar-refractivity contribution is 5.94. The van der Waals surface area contributed by atoms with Crippen LogP contribution in [0.15, 0.2) is 42.5 Å². The standard InChI is InChI=1S/C15H14F2N2O2/c16-10-4-5-14(17)13(8-10)15(20)19-6-7-21-12-3-1-2-11(18)9-12/h1-5,8-9H,6-7,18H2,(H,19,20). The molecule has 1 amide bonds. The van der Waals surface area contributed by atoms with Crippen molar-refractivity contribution in [2.75, 3.05) is 18.9 Å². The molecule has 110 valence electrons. The summed E-state index contributed by atoms with van der Waals surface area (Å²) in [6.07, 6.45) is 0. The van der Waals surface area contributed by atoms with Gasteiger partial charge in [-0.3, -0.25) is 4.79 Å². The van der Waals surface area contributed by atoms with Gasteiger partial charge < -0.3 is 15.8 Å². The molecule has 0 aliphatic heterocycles. The number of rotatable bonds is 5. The first-order chi connectivity index (χ1) is 10.1. The van der Waals surface area contributed by atoms with Crippen molar-refractivity contribution < 1.29 is 18.3 Å². The molecule has 21 heavy (non-hydrogen) atoms. The number of anilines is 1. The van der Waals surface area contributed by atoms with E-state index in [1.807, 2.05) is 0 Å².